The van der Waals surface area contributed by atoms with Crippen molar-refractivity contribution >= 4 is 41.0 Å². The van der Waals surface area contributed by atoms with E-state index < -0.39 is 41.4 Å². The number of nitrogens with zero attached hydrogens (tertiary/aromatic N) is 5. The Kier molecular flexibility index (Phi) is 12.8. The Balaban J connectivity index is 1.47. The van der Waals surface area contributed by atoms with Crippen LogP contribution < -0.4 is 10.6 Å². The lowest BCUT2D eigenvalue weighted by molar-refractivity contribution is -0.149. The number of hydrogen-bond acceptors (Lipinski definition) is 11. The molecule has 2 aliphatic rings. The smallest absolute Gasteiger partial charge is 0.306 e. The summed E-state index contributed by atoms with van der Waals surface area (Å²) < 4.78 is 5.72. The van der Waals surface area contributed by atoms with Gasteiger partial charge in [-0.25, -0.2) is 15.0 Å². The van der Waals surface area contributed by atoms with Crippen molar-refractivity contribution in [3.05, 3.63) is 40.4 Å². The Bertz CT molecular complexity index is 1480. The zero-order valence-electron chi connectivity index (χ0n) is 29.2. The fourth-order valence-electron chi connectivity index (χ4n) is 6.40. The van der Waals surface area contributed by atoms with E-state index in [1.807, 2.05) is 25.8 Å². The van der Waals surface area contributed by atoms with Crippen LogP contribution in [0, 0.1) is 11.8 Å². The molecule has 14 nitrogen and oxygen atoms in total. The molecule has 3 amide bonds. The molecule has 2 fully saturated rings. The topological polar surface area (TPSA) is 184 Å². The maximum atomic E-state index is 13.9. The van der Waals surface area contributed by atoms with Crippen molar-refractivity contribution in [2.24, 2.45) is 11.8 Å². The molecule has 5 atom stereocenters. The van der Waals surface area contributed by atoms with E-state index in [0.29, 0.717) is 23.7 Å². The quantitative estimate of drug-likeness (QED) is 0.219. The van der Waals surface area contributed by atoms with Gasteiger partial charge in [-0.3, -0.25) is 28.9 Å². The van der Waals surface area contributed by atoms with Crippen molar-refractivity contribution in [1.82, 2.24) is 35.4 Å². The van der Waals surface area contributed by atoms with Gasteiger partial charge < -0.3 is 25.4 Å². The van der Waals surface area contributed by atoms with Gasteiger partial charge in [0, 0.05) is 56.7 Å². The van der Waals surface area contributed by atoms with E-state index in [1.54, 1.807) is 42.7 Å². The van der Waals surface area contributed by atoms with Crippen LogP contribution in [0.5, 0.6) is 0 Å². The molecule has 1 saturated carbocycles. The summed E-state index contributed by atoms with van der Waals surface area (Å²) in [5.74, 6) is -2.62. The molecule has 49 heavy (non-hydrogen) atoms. The Hall–Kier alpha value is -3.98. The number of nitrogens with one attached hydrogen (secondary N) is 2. The highest BCUT2D eigenvalue weighted by Gasteiger charge is 2.54. The summed E-state index contributed by atoms with van der Waals surface area (Å²) in [6, 6.07) is 0.466. The van der Waals surface area contributed by atoms with Crippen molar-refractivity contribution < 1.29 is 33.8 Å². The van der Waals surface area contributed by atoms with Crippen LogP contribution >= 0.6 is 11.3 Å². The Morgan fingerprint density at radius 2 is 1.82 bits per heavy atom. The number of piperidine rings is 1. The van der Waals surface area contributed by atoms with Gasteiger partial charge in [0.1, 0.15) is 22.1 Å². The van der Waals surface area contributed by atoms with Gasteiger partial charge in [-0.2, -0.15) is 0 Å². The molecule has 0 unspecified atom stereocenters. The maximum absolute atomic E-state index is 13.9. The monoisotopic (exact) mass is 699 g/mol. The third-order valence-electron chi connectivity index (χ3n) is 9.42. The Labute approximate surface area is 291 Å². The minimum Gasteiger partial charge on any atom is -0.481 e. The number of amides is 3. The van der Waals surface area contributed by atoms with E-state index in [1.165, 1.54) is 6.92 Å². The first kappa shape index (κ1) is 37.8. The summed E-state index contributed by atoms with van der Waals surface area (Å²) in [7, 11) is 3.65. The Morgan fingerprint density at radius 1 is 1.12 bits per heavy atom. The summed E-state index contributed by atoms with van der Waals surface area (Å²) in [6.07, 6.45) is 6.84. The largest absolute Gasteiger partial charge is 0.481 e. The molecule has 0 radical (unpaired) electrons. The number of carbonyl (C=O) groups is 5. The van der Waals surface area contributed by atoms with E-state index >= 15 is 0 Å². The lowest BCUT2D eigenvalue weighted by Crippen LogP contribution is -2.57. The van der Waals surface area contributed by atoms with Gasteiger partial charge in [-0.1, -0.05) is 27.2 Å². The first-order valence-corrected chi connectivity index (χ1v) is 17.8. The molecular formula is C34H49N7O7S. The molecule has 0 bridgehead atoms. The average molecular weight is 700 g/mol. The fraction of sp³-hybridized carbons (Fsp3) is 0.647. The van der Waals surface area contributed by atoms with Crippen LogP contribution in [0.2, 0.25) is 0 Å². The SMILES string of the molecule is CC(=O)O[C@H](C[C@H](C(C)C)N(C)C(=O)C1(NC(=O)[C@H]2CCCCN2C)CC1)c1nc(C(=O)N[C@@H](Cc2ncccn2)C[C@H](C)C(=O)O)cs1. The van der Waals surface area contributed by atoms with Crippen molar-refractivity contribution in [3.63, 3.8) is 0 Å². The highest BCUT2D eigenvalue weighted by Crippen LogP contribution is 2.39. The first-order valence-electron chi connectivity index (χ1n) is 16.9. The zero-order chi connectivity index (χ0) is 35.9. The number of carboxylic acid groups (broad SMARTS) is 1. The molecule has 1 aliphatic heterocycles. The summed E-state index contributed by atoms with van der Waals surface area (Å²) in [5, 5.41) is 17.4. The van der Waals surface area contributed by atoms with Crippen LogP contribution in [0.3, 0.4) is 0 Å². The maximum Gasteiger partial charge on any atom is 0.306 e. The van der Waals surface area contributed by atoms with Gasteiger partial charge in [-0.15, -0.1) is 11.3 Å². The standard InChI is InChI=1S/C34H49N7O7S/c1-20(2)26(41(6)33(47)34(11-12-34)39-30(44)25-10-7-8-15-40(25)5)18-27(48-22(4)42)31-38-24(19-49-31)29(43)37-23(16-21(3)32(45)46)17-28-35-13-9-14-36-28/h9,13-14,19-21,23,25-27H,7-8,10-12,15-18H2,1-6H3,(H,37,43)(H,39,44)(H,45,46)/t21-,23+,25+,26+,27+/m0/s1. The second-order valence-corrected chi connectivity index (χ2v) is 14.6. The molecule has 1 aliphatic carbocycles. The predicted molar refractivity (Wildman–Crippen MR) is 181 cm³/mol. The third kappa shape index (κ3) is 10.0. The van der Waals surface area contributed by atoms with E-state index in [2.05, 4.69) is 25.6 Å². The van der Waals surface area contributed by atoms with Crippen molar-refractivity contribution in [3.8, 4) is 0 Å². The lowest BCUT2D eigenvalue weighted by atomic mass is 9.95. The van der Waals surface area contributed by atoms with Crippen LogP contribution in [0.25, 0.3) is 0 Å². The molecule has 0 spiro atoms. The zero-order valence-corrected chi connectivity index (χ0v) is 30.0. The summed E-state index contributed by atoms with van der Waals surface area (Å²) in [5.41, 5.74) is -0.850. The number of likely N-dealkylation sites (N-methyl/N-ethyl adjacent to an activating group) is 2. The second kappa shape index (κ2) is 16.6. The van der Waals surface area contributed by atoms with E-state index in [9.17, 15) is 29.1 Å². The van der Waals surface area contributed by atoms with E-state index in [-0.39, 0.29) is 54.8 Å². The van der Waals surface area contributed by atoms with Crippen molar-refractivity contribution in [1.29, 1.82) is 0 Å². The third-order valence-corrected chi connectivity index (χ3v) is 10.4. The Morgan fingerprint density at radius 3 is 2.41 bits per heavy atom. The van der Waals surface area contributed by atoms with Crippen molar-refractivity contribution in [2.45, 2.75) is 109 Å². The van der Waals surface area contributed by atoms with Gasteiger partial charge in [-0.05, 0) is 57.7 Å². The number of rotatable bonds is 16. The van der Waals surface area contributed by atoms with Crippen LogP contribution in [-0.2, 0) is 30.3 Å². The molecule has 15 heteroatoms. The predicted octanol–water partition coefficient (Wildman–Crippen LogP) is 3.00. The van der Waals surface area contributed by atoms with Crippen molar-refractivity contribution in [2.75, 3.05) is 20.6 Å². The van der Waals surface area contributed by atoms with Gasteiger partial charge in [0.25, 0.3) is 5.91 Å². The number of aromatic nitrogens is 3. The molecule has 0 aromatic carbocycles. The average Bonchev–Trinajstić information content (AvgIpc) is 3.65. The number of aliphatic carboxylic acids is 1. The number of carbonyl (C=O) groups excluding carboxylic acids is 4. The van der Waals surface area contributed by atoms with Crippen LogP contribution in [0.1, 0.15) is 100 Å². The number of likely N-dealkylation sites (tertiary alicyclic amines) is 1. The molecule has 3 N–H and O–H groups in total. The minimum absolute atomic E-state index is 0.0390. The van der Waals surface area contributed by atoms with Crippen LogP contribution in [-0.4, -0.2) is 104 Å². The molecule has 2 aromatic rings. The van der Waals surface area contributed by atoms with Gasteiger partial charge in [0.05, 0.1) is 12.0 Å². The molecule has 268 valence electrons. The second-order valence-electron chi connectivity index (χ2n) is 13.7. The fourth-order valence-corrected chi connectivity index (χ4v) is 7.24. The number of carboxylic acids is 1. The number of hydrogen-bond donors (Lipinski definition) is 3. The summed E-state index contributed by atoms with van der Waals surface area (Å²) in [4.78, 5) is 81.0. The molecule has 3 heterocycles. The lowest BCUT2D eigenvalue weighted by Gasteiger charge is -2.37. The number of thiazole rings is 1. The van der Waals surface area contributed by atoms with Gasteiger partial charge in [0.15, 0.2) is 6.10 Å². The number of esters is 1. The highest BCUT2D eigenvalue weighted by molar-refractivity contribution is 7.09. The minimum atomic E-state index is -0.983. The van der Waals surface area contributed by atoms with Crippen LogP contribution in [0.4, 0.5) is 0 Å². The van der Waals surface area contributed by atoms with E-state index in [0.717, 1.165) is 37.1 Å². The molecule has 1 saturated heterocycles. The highest BCUT2D eigenvalue weighted by atomic mass is 32.1. The normalized spacial score (nSPS) is 19.6. The van der Waals surface area contributed by atoms with Crippen LogP contribution in [0.15, 0.2) is 23.8 Å². The molecule has 4 rings (SSSR count). The summed E-state index contributed by atoms with van der Waals surface area (Å²) >= 11 is 1.16. The number of ether oxygens (including phenoxy) is 1. The summed E-state index contributed by atoms with van der Waals surface area (Å²) in [6.45, 7) is 7.66. The van der Waals surface area contributed by atoms with Gasteiger partial charge >= 0.3 is 11.9 Å². The van der Waals surface area contributed by atoms with E-state index in [4.69, 9.17) is 4.74 Å². The molecular weight excluding hydrogens is 650 g/mol. The first-order chi connectivity index (χ1) is 23.2. The van der Waals surface area contributed by atoms with Gasteiger partial charge in [0.2, 0.25) is 11.8 Å². The molecule has 2 aromatic heterocycles.